The molecule has 3 heteroatoms. The van der Waals surface area contributed by atoms with Crippen LogP contribution in [0.5, 0.6) is 0 Å². The van der Waals surface area contributed by atoms with Crippen LogP contribution in [0.1, 0.15) is 38.3 Å². The molecule has 2 nitrogen and oxygen atoms in total. The number of benzene rings is 1. The molecule has 0 radical (unpaired) electrons. The Morgan fingerprint density at radius 3 is 2.29 bits per heavy atom. The topological polar surface area (TPSA) is 15.3 Å². The van der Waals surface area contributed by atoms with Crippen molar-refractivity contribution in [1.82, 2.24) is 10.2 Å². The summed E-state index contributed by atoms with van der Waals surface area (Å²) in [5, 5.41) is 3.49. The van der Waals surface area contributed by atoms with Crippen LogP contribution >= 0.6 is 11.8 Å². The minimum atomic E-state index is 0.643. The maximum atomic E-state index is 3.49. The smallest absolute Gasteiger partial charge is 0.0233 e. The summed E-state index contributed by atoms with van der Waals surface area (Å²) >= 11 is 1.93. The molecule has 0 amide bonds. The molecule has 0 saturated heterocycles. The molecule has 1 rings (SSSR count). The van der Waals surface area contributed by atoms with Crippen molar-refractivity contribution in [2.45, 2.75) is 46.3 Å². The molecular formula is C18H32N2S. The molecule has 1 aromatic carbocycles. The fourth-order valence-corrected chi connectivity index (χ4v) is 2.80. The zero-order valence-corrected chi connectivity index (χ0v) is 15.2. The first kappa shape index (κ1) is 18.5. The van der Waals surface area contributed by atoms with Crippen LogP contribution in [0.3, 0.4) is 0 Å². The summed E-state index contributed by atoms with van der Waals surface area (Å²) < 4.78 is 0. The molecule has 0 aliphatic carbocycles. The van der Waals surface area contributed by atoms with Crippen LogP contribution in [0.25, 0.3) is 0 Å². The normalized spacial score (nSPS) is 13.1. The number of rotatable bonds is 10. The summed E-state index contributed by atoms with van der Waals surface area (Å²) in [6.45, 7) is 9.89. The SMILES string of the molecule is CSCCC(C)N(C)Cc1ccc(CNCC(C)C)cc1. The Kier molecular flexibility index (Phi) is 9.05. The second-order valence-corrected chi connectivity index (χ2v) is 7.37. The summed E-state index contributed by atoms with van der Waals surface area (Å²) in [6, 6.07) is 9.69. The van der Waals surface area contributed by atoms with E-state index in [1.165, 1.54) is 23.3 Å². The van der Waals surface area contributed by atoms with Crippen molar-refractivity contribution in [3.8, 4) is 0 Å². The summed E-state index contributed by atoms with van der Waals surface area (Å²) in [5.41, 5.74) is 2.78. The highest BCUT2D eigenvalue weighted by atomic mass is 32.2. The Morgan fingerprint density at radius 2 is 1.71 bits per heavy atom. The second-order valence-electron chi connectivity index (χ2n) is 6.39. The van der Waals surface area contributed by atoms with Crippen LogP contribution in [0.4, 0.5) is 0 Å². The van der Waals surface area contributed by atoms with Gasteiger partial charge in [0.25, 0.3) is 0 Å². The zero-order chi connectivity index (χ0) is 15.7. The molecule has 120 valence electrons. The van der Waals surface area contributed by atoms with Gasteiger partial charge in [0.15, 0.2) is 0 Å². The fourth-order valence-electron chi connectivity index (χ4n) is 2.22. The van der Waals surface area contributed by atoms with E-state index in [-0.39, 0.29) is 0 Å². The van der Waals surface area contributed by atoms with Gasteiger partial charge >= 0.3 is 0 Å². The molecule has 0 saturated carbocycles. The molecule has 21 heavy (non-hydrogen) atoms. The van der Waals surface area contributed by atoms with E-state index < -0.39 is 0 Å². The minimum absolute atomic E-state index is 0.643. The summed E-state index contributed by atoms with van der Waals surface area (Å²) in [6.07, 6.45) is 3.44. The summed E-state index contributed by atoms with van der Waals surface area (Å²) in [5.74, 6) is 1.95. The van der Waals surface area contributed by atoms with E-state index in [1.54, 1.807) is 0 Å². The van der Waals surface area contributed by atoms with Crippen molar-refractivity contribution < 1.29 is 0 Å². The molecule has 0 fully saturated rings. The first-order valence-corrected chi connectivity index (χ1v) is 9.40. The lowest BCUT2D eigenvalue weighted by Crippen LogP contribution is -2.29. The van der Waals surface area contributed by atoms with Gasteiger partial charge in [0.1, 0.15) is 0 Å². The number of thioether (sulfide) groups is 1. The van der Waals surface area contributed by atoms with E-state index >= 15 is 0 Å². The van der Waals surface area contributed by atoms with Gasteiger partial charge in [-0.05, 0) is 56.0 Å². The quantitative estimate of drug-likeness (QED) is 0.703. The van der Waals surface area contributed by atoms with Gasteiger partial charge < -0.3 is 5.32 Å². The van der Waals surface area contributed by atoms with Crippen molar-refractivity contribution in [3.63, 3.8) is 0 Å². The van der Waals surface area contributed by atoms with E-state index in [1.807, 2.05) is 11.8 Å². The highest BCUT2D eigenvalue weighted by Gasteiger charge is 2.09. The fraction of sp³-hybridized carbons (Fsp3) is 0.667. The van der Waals surface area contributed by atoms with E-state index in [2.05, 4.69) is 68.6 Å². The monoisotopic (exact) mass is 308 g/mol. The molecule has 0 aromatic heterocycles. The van der Waals surface area contributed by atoms with Gasteiger partial charge in [-0.2, -0.15) is 11.8 Å². The first-order valence-electron chi connectivity index (χ1n) is 8.00. The standard InChI is InChI=1S/C18H32N2S/c1-15(2)12-19-13-17-6-8-18(9-7-17)14-20(4)16(3)10-11-21-5/h6-9,15-16,19H,10-14H2,1-5H3. The van der Waals surface area contributed by atoms with Crippen molar-refractivity contribution in [2.24, 2.45) is 5.92 Å². The van der Waals surface area contributed by atoms with E-state index in [0.717, 1.165) is 19.6 Å². The molecule has 0 spiro atoms. The summed E-state index contributed by atoms with van der Waals surface area (Å²) in [4.78, 5) is 2.45. The Hall–Kier alpha value is -0.510. The maximum Gasteiger partial charge on any atom is 0.0233 e. The molecule has 1 N–H and O–H groups in total. The number of nitrogens with one attached hydrogen (secondary N) is 1. The highest BCUT2D eigenvalue weighted by Crippen LogP contribution is 2.12. The summed E-state index contributed by atoms with van der Waals surface area (Å²) in [7, 11) is 2.23. The number of hydrogen-bond acceptors (Lipinski definition) is 3. The molecule has 0 bridgehead atoms. The van der Waals surface area contributed by atoms with E-state index in [9.17, 15) is 0 Å². The Bertz CT molecular complexity index is 375. The van der Waals surface area contributed by atoms with E-state index in [0.29, 0.717) is 12.0 Å². The zero-order valence-electron chi connectivity index (χ0n) is 14.4. The lowest BCUT2D eigenvalue weighted by molar-refractivity contribution is 0.245. The number of hydrogen-bond donors (Lipinski definition) is 1. The second kappa shape index (κ2) is 10.3. The lowest BCUT2D eigenvalue weighted by Gasteiger charge is -2.24. The van der Waals surface area contributed by atoms with Crippen LogP contribution < -0.4 is 5.32 Å². The molecule has 1 atom stereocenters. The molecule has 0 heterocycles. The van der Waals surface area contributed by atoms with Gasteiger partial charge in [0, 0.05) is 19.1 Å². The van der Waals surface area contributed by atoms with Crippen LogP contribution in [-0.4, -0.2) is 36.5 Å². The maximum absolute atomic E-state index is 3.49. The van der Waals surface area contributed by atoms with Gasteiger partial charge in [-0.25, -0.2) is 0 Å². The van der Waals surface area contributed by atoms with Crippen molar-refractivity contribution in [1.29, 1.82) is 0 Å². The predicted octanol–water partition coefficient (Wildman–Crippen LogP) is 4.01. The Morgan fingerprint density at radius 1 is 1.10 bits per heavy atom. The third-order valence-electron chi connectivity index (χ3n) is 3.83. The van der Waals surface area contributed by atoms with Gasteiger partial charge in [-0.3, -0.25) is 4.90 Å². The highest BCUT2D eigenvalue weighted by molar-refractivity contribution is 7.98. The van der Waals surface area contributed by atoms with Crippen molar-refractivity contribution in [3.05, 3.63) is 35.4 Å². The third kappa shape index (κ3) is 7.89. The lowest BCUT2D eigenvalue weighted by atomic mass is 10.1. The van der Waals surface area contributed by atoms with Crippen LogP contribution in [0, 0.1) is 5.92 Å². The first-order chi connectivity index (χ1) is 10.0. The average molecular weight is 309 g/mol. The van der Waals surface area contributed by atoms with Gasteiger partial charge in [0.2, 0.25) is 0 Å². The van der Waals surface area contributed by atoms with Crippen LogP contribution in [-0.2, 0) is 13.1 Å². The van der Waals surface area contributed by atoms with E-state index in [4.69, 9.17) is 0 Å². The predicted molar refractivity (Wildman–Crippen MR) is 96.9 cm³/mol. The largest absolute Gasteiger partial charge is 0.312 e. The minimum Gasteiger partial charge on any atom is -0.312 e. The molecule has 1 aromatic rings. The third-order valence-corrected chi connectivity index (χ3v) is 4.47. The number of nitrogens with zero attached hydrogens (tertiary/aromatic N) is 1. The van der Waals surface area contributed by atoms with Crippen molar-refractivity contribution >= 4 is 11.8 Å². The van der Waals surface area contributed by atoms with Gasteiger partial charge in [-0.1, -0.05) is 38.1 Å². The molecular weight excluding hydrogens is 276 g/mol. The molecule has 0 aliphatic rings. The van der Waals surface area contributed by atoms with Gasteiger partial charge in [-0.15, -0.1) is 0 Å². The van der Waals surface area contributed by atoms with Crippen molar-refractivity contribution in [2.75, 3.05) is 25.6 Å². The van der Waals surface area contributed by atoms with Crippen LogP contribution in [0.2, 0.25) is 0 Å². The average Bonchev–Trinajstić information content (AvgIpc) is 2.46. The molecule has 0 aliphatic heterocycles. The van der Waals surface area contributed by atoms with Crippen LogP contribution in [0.15, 0.2) is 24.3 Å². The Labute approximate surface area is 135 Å². The Balaban J connectivity index is 2.39. The van der Waals surface area contributed by atoms with Gasteiger partial charge in [0.05, 0.1) is 0 Å². The molecule has 1 unspecified atom stereocenters.